The number of hydrogen-bond acceptors (Lipinski definition) is 10. The molecule has 1 aliphatic heterocycles. The molecule has 2 N–H and O–H groups in total. The first-order chi connectivity index (χ1) is 15.4. The van der Waals surface area contributed by atoms with E-state index in [1.165, 1.54) is 20.8 Å². The van der Waals surface area contributed by atoms with Crippen molar-refractivity contribution in [3.8, 4) is 0 Å². The summed E-state index contributed by atoms with van der Waals surface area (Å²) in [6.07, 6.45) is 0. The highest BCUT2D eigenvalue weighted by Gasteiger charge is 2.45. The van der Waals surface area contributed by atoms with Crippen LogP contribution in [-0.4, -0.2) is 72.6 Å². The molecule has 33 heavy (non-hydrogen) atoms. The van der Waals surface area contributed by atoms with E-state index in [0.29, 0.717) is 4.90 Å². The van der Waals surface area contributed by atoms with Crippen molar-refractivity contribution in [2.75, 3.05) is 31.7 Å². The Morgan fingerprint density at radius 3 is 2.18 bits per heavy atom. The van der Waals surface area contributed by atoms with Crippen LogP contribution >= 0.6 is 11.3 Å². The summed E-state index contributed by atoms with van der Waals surface area (Å²) < 4.78 is 14.8. The number of amides is 4. The number of carbonyl (C=O) groups is 6. The second-order valence-corrected chi connectivity index (χ2v) is 8.38. The zero-order valence-corrected chi connectivity index (χ0v) is 19.7. The van der Waals surface area contributed by atoms with Crippen molar-refractivity contribution in [3.63, 3.8) is 0 Å². The molecule has 0 aliphatic carbocycles. The Bertz CT molecular complexity index is 999. The van der Waals surface area contributed by atoms with Crippen LogP contribution in [0.25, 0.3) is 0 Å². The highest BCUT2D eigenvalue weighted by molar-refractivity contribution is 7.18. The van der Waals surface area contributed by atoms with E-state index in [1.54, 1.807) is 13.8 Å². The number of hydrogen-bond donors (Lipinski definition) is 2. The van der Waals surface area contributed by atoms with Crippen LogP contribution in [-0.2, 0) is 28.6 Å². The molecule has 0 aromatic carbocycles. The third-order valence-corrected chi connectivity index (χ3v) is 5.62. The van der Waals surface area contributed by atoms with Crippen LogP contribution in [0.5, 0.6) is 0 Å². The van der Waals surface area contributed by atoms with E-state index in [2.05, 4.69) is 10.6 Å². The lowest BCUT2D eigenvalue weighted by atomic mass is 10.1. The van der Waals surface area contributed by atoms with Crippen molar-refractivity contribution in [1.82, 2.24) is 10.2 Å². The summed E-state index contributed by atoms with van der Waals surface area (Å²) in [5, 5.41) is 4.87. The van der Waals surface area contributed by atoms with Gasteiger partial charge < -0.3 is 24.8 Å². The summed E-state index contributed by atoms with van der Waals surface area (Å²) in [7, 11) is 0. The topological polar surface area (TPSA) is 157 Å². The Labute approximate surface area is 193 Å². The maximum atomic E-state index is 12.4. The molecule has 2 rings (SSSR count). The number of nitrogens with one attached hydrogen (secondary N) is 2. The summed E-state index contributed by atoms with van der Waals surface area (Å²) >= 11 is 0.824. The molecule has 1 saturated heterocycles. The minimum absolute atomic E-state index is 0.00820. The van der Waals surface area contributed by atoms with Gasteiger partial charge in [-0.1, -0.05) is 0 Å². The Morgan fingerprint density at radius 1 is 1.03 bits per heavy atom. The average molecular weight is 483 g/mol. The molecule has 13 heteroatoms. The summed E-state index contributed by atoms with van der Waals surface area (Å²) in [5.41, 5.74) is -0.872. The Balaban J connectivity index is 2.07. The summed E-state index contributed by atoms with van der Waals surface area (Å²) in [6, 6.07) is -0.744. The molecule has 1 aromatic rings. The highest BCUT2D eigenvalue weighted by Crippen LogP contribution is 2.34. The number of anilines is 1. The number of nitrogens with zero attached hydrogens (tertiary/aromatic N) is 1. The van der Waals surface area contributed by atoms with Crippen molar-refractivity contribution in [2.24, 2.45) is 0 Å². The van der Waals surface area contributed by atoms with Gasteiger partial charge in [0.1, 0.15) is 22.0 Å². The van der Waals surface area contributed by atoms with Crippen molar-refractivity contribution in [3.05, 3.63) is 16.0 Å². The number of urea groups is 1. The van der Waals surface area contributed by atoms with E-state index in [-0.39, 0.29) is 34.2 Å². The van der Waals surface area contributed by atoms with Crippen LogP contribution in [0, 0.1) is 6.92 Å². The highest BCUT2D eigenvalue weighted by atomic mass is 32.1. The number of carbonyl (C=O) groups excluding carboxylic acids is 6. The van der Waals surface area contributed by atoms with Gasteiger partial charge in [-0.3, -0.25) is 19.3 Å². The normalized spacial score (nSPS) is 14.5. The molecule has 180 valence electrons. The predicted octanol–water partition coefficient (Wildman–Crippen LogP) is 1.22. The number of imide groups is 1. The molecule has 4 amide bonds. The van der Waals surface area contributed by atoms with Gasteiger partial charge in [-0.15, -0.1) is 11.3 Å². The molecule has 0 atom stereocenters. The monoisotopic (exact) mass is 483 g/mol. The lowest BCUT2D eigenvalue weighted by molar-refractivity contribution is -0.150. The van der Waals surface area contributed by atoms with Gasteiger partial charge in [0.2, 0.25) is 0 Å². The molecule has 1 aromatic heterocycles. The molecule has 0 spiro atoms. The van der Waals surface area contributed by atoms with Crippen LogP contribution < -0.4 is 10.6 Å². The third-order valence-electron chi connectivity index (χ3n) is 4.44. The second kappa shape index (κ2) is 10.4. The number of rotatable bonds is 9. The van der Waals surface area contributed by atoms with Crippen molar-refractivity contribution in [2.45, 2.75) is 40.2 Å². The Hall–Kier alpha value is -3.48. The quantitative estimate of drug-likeness (QED) is 0.299. The fourth-order valence-corrected chi connectivity index (χ4v) is 3.99. The first kappa shape index (κ1) is 25.8. The molecule has 12 nitrogen and oxygen atoms in total. The lowest BCUT2D eigenvalue weighted by Crippen LogP contribution is -2.41. The first-order valence-corrected chi connectivity index (χ1v) is 10.8. The zero-order valence-electron chi connectivity index (χ0n) is 18.9. The van der Waals surface area contributed by atoms with Crippen LogP contribution in [0.2, 0.25) is 0 Å². The van der Waals surface area contributed by atoms with Gasteiger partial charge in [-0.05, 0) is 40.2 Å². The van der Waals surface area contributed by atoms with Crippen LogP contribution in [0.4, 0.5) is 9.80 Å². The van der Waals surface area contributed by atoms with E-state index < -0.39 is 54.4 Å². The maximum absolute atomic E-state index is 12.4. The van der Waals surface area contributed by atoms with Gasteiger partial charge in [-0.25, -0.2) is 14.4 Å². The number of esters is 3. The SMILES string of the molecule is CCOC(=O)c1sc(NC(=O)COC(=O)CN2C(=O)NC(C)(C)C2=O)c(C(=O)OCC)c1C. The fraction of sp³-hybridized carbons (Fsp3) is 0.500. The standard InChI is InChI=1S/C20H25N3O9S/c1-6-30-16(26)13-10(3)14(17(27)31-7-2)33-15(13)21-11(24)9-32-12(25)8-23-18(28)20(4,5)22-19(23)29/h6-9H2,1-5H3,(H,21,24)(H,22,29). The third kappa shape index (κ3) is 5.86. The van der Waals surface area contributed by atoms with E-state index in [1.807, 2.05) is 0 Å². The van der Waals surface area contributed by atoms with E-state index in [9.17, 15) is 28.8 Å². The van der Waals surface area contributed by atoms with E-state index in [4.69, 9.17) is 14.2 Å². The smallest absolute Gasteiger partial charge is 0.348 e. The van der Waals surface area contributed by atoms with Gasteiger partial charge in [0.25, 0.3) is 11.8 Å². The van der Waals surface area contributed by atoms with Gasteiger partial charge in [-0.2, -0.15) is 0 Å². The van der Waals surface area contributed by atoms with Crippen LogP contribution in [0.1, 0.15) is 53.3 Å². The number of ether oxygens (including phenoxy) is 3. The second-order valence-electron chi connectivity index (χ2n) is 7.36. The van der Waals surface area contributed by atoms with Gasteiger partial charge in [0.15, 0.2) is 6.61 Å². The van der Waals surface area contributed by atoms with Gasteiger partial charge in [0, 0.05) is 0 Å². The predicted molar refractivity (Wildman–Crippen MR) is 115 cm³/mol. The van der Waals surface area contributed by atoms with Crippen LogP contribution in [0.15, 0.2) is 0 Å². The minimum atomic E-state index is -1.15. The molecule has 0 bridgehead atoms. The molecular weight excluding hydrogens is 458 g/mol. The van der Waals surface area contributed by atoms with Gasteiger partial charge in [0.05, 0.1) is 18.8 Å². The molecule has 1 aliphatic rings. The van der Waals surface area contributed by atoms with E-state index in [0.717, 1.165) is 11.3 Å². The zero-order chi connectivity index (χ0) is 24.9. The van der Waals surface area contributed by atoms with Gasteiger partial charge >= 0.3 is 23.9 Å². The van der Waals surface area contributed by atoms with E-state index >= 15 is 0 Å². The lowest BCUT2D eigenvalue weighted by Gasteiger charge is -2.15. The molecule has 1 fully saturated rings. The minimum Gasteiger partial charge on any atom is -0.462 e. The van der Waals surface area contributed by atoms with Crippen molar-refractivity contribution < 1.29 is 43.0 Å². The summed E-state index contributed by atoms with van der Waals surface area (Å²) in [4.78, 5) is 73.6. The number of thiophene rings is 1. The molecule has 0 unspecified atom stereocenters. The molecule has 0 radical (unpaired) electrons. The average Bonchev–Trinajstić information content (AvgIpc) is 3.14. The Kier molecular flexibility index (Phi) is 8.14. The van der Waals surface area contributed by atoms with Crippen molar-refractivity contribution in [1.29, 1.82) is 0 Å². The first-order valence-electron chi connectivity index (χ1n) is 10.00. The largest absolute Gasteiger partial charge is 0.462 e. The fourth-order valence-electron chi connectivity index (χ4n) is 2.89. The molecule has 0 saturated carbocycles. The summed E-state index contributed by atoms with van der Waals surface area (Å²) in [5.74, 6) is -3.78. The molecule has 2 heterocycles. The summed E-state index contributed by atoms with van der Waals surface area (Å²) in [6.45, 7) is 6.51. The van der Waals surface area contributed by atoms with Crippen LogP contribution in [0.3, 0.4) is 0 Å². The Morgan fingerprint density at radius 2 is 1.64 bits per heavy atom. The molecular formula is C20H25N3O9S. The van der Waals surface area contributed by atoms with Crippen molar-refractivity contribution >= 4 is 52.1 Å². The maximum Gasteiger partial charge on any atom is 0.348 e.